The smallest absolute Gasteiger partial charge is 0.0824 e. The summed E-state index contributed by atoms with van der Waals surface area (Å²) in [6.45, 7) is 0. The van der Waals surface area contributed by atoms with E-state index >= 15 is 0 Å². The van der Waals surface area contributed by atoms with E-state index < -0.39 is 0 Å². The molecule has 66 valence electrons. The van der Waals surface area contributed by atoms with Gasteiger partial charge in [0.15, 0.2) is 0 Å². The minimum Gasteiger partial charge on any atom is -0.197 e. The van der Waals surface area contributed by atoms with E-state index in [0.29, 0.717) is 5.02 Å². The number of hydrogen-bond acceptors (Lipinski definition) is 1. The lowest BCUT2D eigenvalue weighted by atomic mass is 9.98. The van der Waals surface area contributed by atoms with Crippen molar-refractivity contribution in [1.29, 1.82) is 5.26 Å². The van der Waals surface area contributed by atoms with Gasteiger partial charge in [0.2, 0.25) is 0 Å². The molecule has 0 radical (unpaired) electrons. The molecule has 1 nitrogen and oxygen atoms in total. The molecule has 13 heavy (non-hydrogen) atoms. The van der Waals surface area contributed by atoms with Crippen molar-refractivity contribution in [2.45, 2.75) is 18.3 Å². The van der Waals surface area contributed by atoms with Gasteiger partial charge in [-0.1, -0.05) is 27.5 Å². The second-order valence-corrected chi connectivity index (χ2v) is 4.70. The lowest BCUT2D eigenvalue weighted by Crippen LogP contribution is -2.01. The van der Waals surface area contributed by atoms with Crippen LogP contribution >= 0.6 is 27.5 Å². The number of nitriles is 1. The Bertz CT molecular complexity index is 370. The van der Waals surface area contributed by atoms with E-state index in [1.165, 1.54) is 0 Å². The molecular formula is C10H7BrClN. The summed E-state index contributed by atoms with van der Waals surface area (Å²) in [4.78, 5) is 0. The number of halogens is 2. The molecule has 1 aromatic rings. The minimum atomic E-state index is -0.243. The fourth-order valence-electron chi connectivity index (χ4n) is 1.42. The van der Waals surface area contributed by atoms with Gasteiger partial charge in [0.25, 0.3) is 0 Å². The highest BCUT2D eigenvalue weighted by Gasteiger charge is 2.45. The first-order chi connectivity index (χ1) is 6.16. The zero-order valence-corrected chi connectivity index (χ0v) is 9.19. The van der Waals surface area contributed by atoms with Crippen molar-refractivity contribution in [3.8, 4) is 6.07 Å². The van der Waals surface area contributed by atoms with Gasteiger partial charge in [-0.3, -0.25) is 0 Å². The third-order valence-electron chi connectivity index (χ3n) is 2.38. The van der Waals surface area contributed by atoms with Gasteiger partial charge >= 0.3 is 0 Å². The van der Waals surface area contributed by atoms with E-state index in [4.69, 9.17) is 16.9 Å². The van der Waals surface area contributed by atoms with Gasteiger partial charge in [-0.2, -0.15) is 5.26 Å². The number of hydrogen-bond donors (Lipinski definition) is 0. The molecule has 0 bridgehead atoms. The fourth-order valence-corrected chi connectivity index (χ4v) is 2.28. The van der Waals surface area contributed by atoms with Crippen molar-refractivity contribution in [1.82, 2.24) is 0 Å². The molecule has 3 heteroatoms. The lowest BCUT2D eigenvalue weighted by Gasteiger charge is -2.06. The zero-order valence-electron chi connectivity index (χ0n) is 6.85. The summed E-state index contributed by atoms with van der Waals surface area (Å²) < 4.78 is 0.941. The zero-order chi connectivity index (χ0) is 9.47. The maximum atomic E-state index is 8.98. The van der Waals surface area contributed by atoms with Crippen molar-refractivity contribution in [2.75, 3.05) is 0 Å². The first-order valence-corrected chi connectivity index (χ1v) is 5.21. The highest BCUT2D eigenvalue weighted by Crippen LogP contribution is 2.48. The van der Waals surface area contributed by atoms with Crippen LogP contribution in [0.15, 0.2) is 22.7 Å². The summed E-state index contributed by atoms with van der Waals surface area (Å²) in [5.74, 6) is 0. The van der Waals surface area contributed by atoms with Gasteiger partial charge in [-0.15, -0.1) is 0 Å². The van der Waals surface area contributed by atoms with E-state index in [0.717, 1.165) is 22.9 Å². The molecular weight excluding hydrogens is 249 g/mol. The van der Waals surface area contributed by atoms with Crippen LogP contribution in [0.25, 0.3) is 0 Å². The molecule has 0 N–H and O–H groups in total. The summed E-state index contributed by atoms with van der Waals surface area (Å²) in [6.07, 6.45) is 1.91. The van der Waals surface area contributed by atoms with Gasteiger partial charge in [0.1, 0.15) is 0 Å². The number of nitrogens with zero attached hydrogens (tertiary/aromatic N) is 1. The molecule has 0 saturated heterocycles. The van der Waals surface area contributed by atoms with E-state index in [2.05, 4.69) is 22.0 Å². The molecule has 0 unspecified atom stereocenters. The second-order valence-electron chi connectivity index (χ2n) is 3.35. The molecule has 0 aromatic heterocycles. The second kappa shape index (κ2) is 3.01. The molecule has 0 aliphatic heterocycles. The standard InChI is InChI=1S/C10H7BrClN/c11-8-3-7(4-9(12)5-8)10(6-13)1-2-10/h3-5H,1-2H2. The van der Waals surface area contributed by atoms with Crippen LogP contribution in [0.1, 0.15) is 18.4 Å². The molecule has 1 aliphatic carbocycles. The van der Waals surface area contributed by atoms with E-state index in [1.807, 2.05) is 18.2 Å². The van der Waals surface area contributed by atoms with Gasteiger partial charge < -0.3 is 0 Å². The first kappa shape index (κ1) is 9.05. The van der Waals surface area contributed by atoms with Crippen molar-refractivity contribution in [2.24, 2.45) is 0 Å². The molecule has 0 heterocycles. The van der Waals surface area contributed by atoms with Gasteiger partial charge in [0.05, 0.1) is 11.5 Å². The predicted octanol–water partition coefficient (Wildman–Crippen LogP) is 3.66. The molecule has 1 saturated carbocycles. The Morgan fingerprint density at radius 1 is 1.38 bits per heavy atom. The quantitative estimate of drug-likeness (QED) is 0.752. The third-order valence-corrected chi connectivity index (χ3v) is 3.06. The van der Waals surface area contributed by atoms with Gasteiger partial charge in [-0.05, 0) is 36.6 Å². The normalized spacial score (nSPS) is 17.9. The highest BCUT2D eigenvalue weighted by molar-refractivity contribution is 9.10. The summed E-state index contributed by atoms with van der Waals surface area (Å²) in [6, 6.07) is 8.03. The maximum Gasteiger partial charge on any atom is 0.0824 e. The average molecular weight is 257 g/mol. The number of benzene rings is 1. The van der Waals surface area contributed by atoms with Crippen LogP contribution in [0, 0.1) is 11.3 Å². The van der Waals surface area contributed by atoms with E-state index in [9.17, 15) is 0 Å². The molecule has 1 aliphatic rings. The SMILES string of the molecule is N#CC1(c2cc(Cl)cc(Br)c2)CC1. The van der Waals surface area contributed by atoms with Crippen molar-refractivity contribution >= 4 is 27.5 Å². The first-order valence-electron chi connectivity index (χ1n) is 4.04. The van der Waals surface area contributed by atoms with Crippen LogP contribution in [-0.4, -0.2) is 0 Å². The van der Waals surface area contributed by atoms with E-state index in [1.54, 1.807) is 0 Å². The summed E-state index contributed by atoms with van der Waals surface area (Å²) in [7, 11) is 0. The molecule has 1 aromatic carbocycles. The Morgan fingerprint density at radius 3 is 2.54 bits per heavy atom. The number of rotatable bonds is 1. The van der Waals surface area contributed by atoms with Crippen LogP contribution in [0.5, 0.6) is 0 Å². The van der Waals surface area contributed by atoms with Crippen LogP contribution in [-0.2, 0) is 5.41 Å². The van der Waals surface area contributed by atoms with Crippen molar-refractivity contribution in [3.05, 3.63) is 33.3 Å². The summed E-state index contributed by atoms with van der Waals surface area (Å²) in [5, 5.41) is 9.67. The Kier molecular flexibility index (Phi) is 2.09. The summed E-state index contributed by atoms with van der Waals surface area (Å²) >= 11 is 9.27. The topological polar surface area (TPSA) is 23.8 Å². The molecule has 0 amide bonds. The Labute approximate surface area is 90.4 Å². The monoisotopic (exact) mass is 255 g/mol. The van der Waals surface area contributed by atoms with E-state index in [-0.39, 0.29) is 5.41 Å². The molecule has 0 atom stereocenters. The van der Waals surface area contributed by atoms with Crippen LogP contribution in [0.2, 0.25) is 5.02 Å². The van der Waals surface area contributed by atoms with Crippen molar-refractivity contribution in [3.63, 3.8) is 0 Å². The maximum absolute atomic E-state index is 8.98. The highest BCUT2D eigenvalue weighted by atomic mass is 79.9. The van der Waals surface area contributed by atoms with Crippen LogP contribution in [0.3, 0.4) is 0 Å². The van der Waals surface area contributed by atoms with Crippen LogP contribution in [0.4, 0.5) is 0 Å². The van der Waals surface area contributed by atoms with Gasteiger partial charge in [-0.25, -0.2) is 0 Å². The Morgan fingerprint density at radius 2 is 2.08 bits per heavy atom. The average Bonchev–Trinajstić information content (AvgIpc) is 2.82. The molecule has 1 fully saturated rings. The lowest BCUT2D eigenvalue weighted by molar-refractivity contribution is 0.907. The Balaban J connectivity index is 2.48. The van der Waals surface area contributed by atoms with Gasteiger partial charge in [0, 0.05) is 9.50 Å². The van der Waals surface area contributed by atoms with Crippen LogP contribution < -0.4 is 0 Å². The fraction of sp³-hybridized carbons (Fsp3) is 0.300. The minimum absolute atomic E-state index is 0.243. The molecule has 0 spiro atoms. The van der Waals surface area contributed by atoms with Crippen molar-refractivity contribution < 1.29 is 0 Å². The third kappa shape index (κ3) is 1.59. The largest absolute Gasteiger partial charge is 0.197 e. The summed E-state index contributed by atoms with van der Waals surface area (Å²) in [5.41, 5.74) is 0.794. The Hall–Kier alpha value is -0.520. The predicted molar refractivity (Wildman–Crippen MR) is 55.7 cm³/mol. The molecule has 2 rings (SSSR count).